The monoisotopic (exact) mass is 422 g/mol. The van der Waals surface area contributed by atoms with Gasteiger partial charge in [-0.2, -0.15) is 17.5 Å². The average Bonchev–Trinajstić information content (AvgIpc) is 2.64. The molecule has 0 aliphatic carbocycles. The molecule has 1 aromatic carbocycles. The average molecular weight is 422 g/mol. The largest absolute Gasteiger partial charge is 0.452 e. The quantitative estimate of drug-likeness (QED) is 0.708. The Balaban J connectivity index is 2.08. The summed E-state index contributed by atoms with van der Waals surface area (Å²) in [4.78, 5) is 23.5. The molecule has 0 spiro atoms. The van der Waals surface area contributed by atoms with Crippen molar-refractivity contribution < 1.29 is 35.9 Å². The Bertz CT molecular complexity index is 834. The number of rotatable bonds is 6. The van der Waals surface area contributed by atoms with Gasteiger partial charge in [0, 0.05) is 13.1 Å². The van der Waals surface area contributed by atoms with Gasteiger partial charge in [0.25, 0.3) is 5.91 Å². The molecule has 11 heteroatoms. The second-order valence-electron chi connectivity index (χ2n) is 6.41. The molecule has 1 heterocycles. The zero-order valence-electron chi connectivity index (χ0n) is 15.2. The van der Waals surface area contributed by atoms with Crippen molar-refractivity contribution in [1.29, 1.82) is 0 Å². The highest BCUT2D eigenvalue weighted by molar-refractivity contribution is 7.89. The zero-order valence-corrected chi connectivity index (χ0v) is 16.0. The van der Waals surface area contributed by atoms with E-state index in [0.29, 0.717) is 18.7 Å². The first kappa shape index (κ1) is 22.2. The smallest absolute Gasteiger partial charge is 0.405 e. The van der Waals surface area contributed by atoms with E-state index in [4.69, 9.17) is 4.74 Å². The van der Waals surface area contributed by atoms with Crippen molar-refractivity contribution in [3.63, 3.8) is 0 Å². The molecule has 0 radical (unpaired) electrons. The van der Waals surface area contributed by atoms with Crippen LogP contribution in [0.25, 0.3) is 0 Å². The van der Waals surface area contributed by atoms with Crippen LogP contribution in [0.4, 0.5) is 13.2 Å². The fourth-order valence-corrected chi connectivity index (χ4v) is 4.24. The summed E-state index contributed by atoms with van der Waals surface area (Å²) in [6.07, 6.45) is -2.11. The topological polar surface area (TPSA) is 92.8 Å². The first-order valence-electron chi connectivity index (χ1n) is 8.62. The lowest BCUT2D eigenvalue weighted by molar-refractivity contribution is -0.140. The molecule has 156 valence electrons. The third-order valence-corrected chi connectivity index (χ3v) is 6.10. The fourth-order valence-electron chi connectivity index (χ4n) is 2.69. The summed E-state index contributed by atoms with van der Waals surface area (Å²) in [5, 5.41) is 1.58. The van der Waals surface area contributed by atoms with Gasteiger partial charge in [-0.05, 0) is 37.5 Å². The van der Waals surface area contributed by atoms with Gasteiger partial charge >= 0.3 is 12.1 Å². The van der Waals surface area contributed by atoms with E-state index >= 15 is 0 Å². The molecule has 0 atom stereocenters. The van der Waals surface area contributed by atoms with Crippen molar-refractivity contribution in [2.75, 3.05) is 26.2 Å². The molecule has 0 saturated carbocycles. The van der Waals surface area contributed by atoms with Crippen LogP contribution in [0.1, 0.15) is 35.2 Å². The van der Waals surface area contributed by atoms with Crippen LogP contribution in [0.15, 0.2) is 23.1 Å². The number of carbonyl (C=O) groups is 2. The SMILES string of the molecule is Cc1ccc(S(=O)(=O)N2CCCCC2)cc1C(=O)OCC(=O)NCC(F)(F)F. The molecule has 1 fully saturated rings. The Hall–Kier alpha value is -2.14. The third kappa shape index (κ3) is 5.93. The number of sulfonamides is 1. The lowest BCUT2D eigenvalue weighted by atomic mass is 10.1. The van der Waals surface area contributed by atoms with Crippen molar-refractivity contribution in [3.8, 4) is 0 Å². The molecule has 1 amide bonds. The number of aryl methyl sites for hydroxylation is 1. The van der Waals surface area contributed by atoms with Gasteiger partial charge in [-0.25, -0.2) is 13.2 Å². The number of amides is 1. The van der Waals surface area contributed by atoms with Crippen LogP contribution in [-0.2, 0) is 19.6 Å². The van der Waals surface area contributed by atoms with Crippen LogP contribution in [-0.4, -0.2) is 57.0 Å². The molecule has 1 aliphatic rings. The predicted octanol–water partition coefficient (Wildman–Crippen LogP) is 2.00. The zero-order chi connectivity index (χ0) is 20.9. The molecule has 2 rings (SSSR count). The Labute approximate surface area is 160 Å². The Morgan fingerprint density at radius 1 is 1.18 bits per heavy atom. The lowest BCUT2D eigenvalue weighted by Gasteiger charge is -2.26. The van der Waals surface area contributed by atoms with Gasteiger partial charge in [0.1, 0.15) is 6.54 Å². The molecule has 0 aromatic heterocycles. The predicted molar refractivity (Wildman–Crippen MR) is 93.1 cm³/mol. The van der Waals surface area contributed by atoms with Crippen molar-refractivity contribution in [3.05, 3.63) is 29.3 Å². The van der Waals surface area contributed by atoms with E-state index in [1.54, 1.807) is 12.2 Å². The van der Waals surface area contributed by atoms with E-state index in [9.17, 15) is 31.2 Å². The molecule has 1 aliphatic heterocycles. The minimum atomic E-state index is -4.58. The summed E-state index contributed by atoms with van der Waals surface area (Å²) in [5.41, 5.74) is 0.347. The summed E-state index contributed by atoms with van der Waals surface area (Å²) in [6, 6.07) is 3.98. The number of piperidine rings is 1. The second-order valence-corrected chi connectivity index (χ2v) is 8.35. The van der Waals surface area contributed by atoms with Crippen LogP contribution in [0.2, 0.25) is 0 Å². The minimum absolute atomic E-state index is 0.0679. The Morgan fingerprint density at radius 3 is 2.43 bits per heavy atom. The number of benzene rings is 1. The molecule has 28 heavy (non-hydrogen) atoms. The standard InChI is InChI=1S/C17H21F3N2O5S/c1-12-5-6-13(28(25,26)22-7-3-2-4-8-22)9-14(12)16(24)27-10-15(23)21-11-17(18,19)20/h5-6,9H,2-4,7-8,10-11H2,1H3,(H,21,23). The van der Waals surface area contributed by atoms with Gasteiger partial charge < -0.3 is 10.1 Å². The minimum Gasteiger partial charge on any atom is -0.452 e. The van der Waals surface area contributed by atoms with Gasteiger partial charge in [-0.15, -0.1) is 0 Å². The highest BCUT2D eigenvalue weighted by atomic mass is 32.2. The Morgan fingerprint density at radius 2 is 1.82 bits per heavy atom. The van der Waals surface area contributed by atoms with Crippen LogP contribution >= 0.6 is 0 Å². The summed E-state index contributed by atoms with van der Waals surface area (Å²) in [6.45, 7) is -0.0915. The lowest BCUT2D eigenvalue weighted by Crippen LogP contribution is -2.36. The molecule has 0 unspecified atom stereocenters. The van der Waals surface area contributed by atoms with Gasteiger partial charge in [-0.3, -0.25) is 4.79 Å². The number of hydrogen-bond acceptors (Lipinski definition) is 5. The summed E-state index contributed by atoms with van der Waals surface area (Å²) >= 11 is 0. The summed E-state index contributed by atoms with van der Waals surface area (Å²) in [5.74, 6) is -2.10. The van der Waals surface area contributed by atoms with Gasteiger partial charge in [0.05, 0.1) is 10.5 Å². The number of esters is 1. The first-order chi connectivity index (χ1) is 13.0. The van der Waals surface area contributed by atoms with Crippen LogP contribution in [0.3, 0.4) is 0 Å². The molecule has 1 N–H and O–H groups in total. The number of hydrogen-bond donors (Lipinski definition) is 1. The van der Waals surface area contributed by atoms with E-state index in [0.717, 1.165) is 25.3 Å². The van der Waals surface area contributed by atoms with Gasteiger partial charge in [0.15, 0.2) is 6.61 Å². The van der Waals surface area contributed by atoms with Gasteiger partial charge in [-0.1, -0.05) is 12.5 Å². The van der Waals surface area contributed by atoms with Gasteiger partial charge in [0.2, 0.25) is 10.0 Å². The van der Waals surface area contributed by atoms with Crippen molar-refractivity contribution >= 4 is 21.9 Å². The first-order valence-corrected chi connectivity index (χ1v) is 10.1. The highest BCUT2D eigenvalue weighted by Gasteiger charge is 2.29. The number of alkyl halides is 3. The number of nitrogens with zero attached hydrogens (tertiary/aromatic N) is 1. The summed E-state index contributed by atoms with van der Waals surface area (Å²) < 4.78 is 67.7. The maximum atomic E-state index is 12.7. The number of nitrogens with one attached hydrogen (secondary N) is 1. The molecule has 0 bridgehead atoms. The maximum absolute atomic E-state index is 12.7. The van der Waals surface area contributed by atoms with Crippen LogP contribution in [0, 0.1) is 6.92 Å². The molecule has 1 aromatic rings. The van der Waals surface area contributed by atoms with E-state index in [2.05, 4.69) is 0 Å². The fraction of sp³-hybridized carbons (Fsp3) is 0.529. The van der Waals surface area contributed by atoms with Crippen LogP contribution in [0.5, 0.6) is 0 Å². The van der Waals surface area contributed by atoms with Crippen LogP contribution < -0.4 is 5.32 Å². The molecule has 7 nitrogen and oxygen atoms in total. The van der Waals surface area contributed by atoms with Crippen molar-refractivity contribution in [1.82, 2.24) is 9.62 Å². The summed E-state index contributed by atoms with van der Waals surface area (Å²) in [7, 11) is -3.77. The number of ether oxygens (including phenoxy) is 1. The maximum Gasteiger partial charge on any atom is 0.405 e. The Kier molecular flexibility index (Phi) is 7.05. The van der Waals surface area contributed by atoms with E-state index in [1.807, 2.05) is 0 Å². The molecule has 1 saturated heterocycles. The highest BCUT2D eigenvalue weighted by Crippen LogP contribution is 2.23. The second kappa shape index (κ2) is 8.91. The van der Waals surface area contributed by atoms with E-state index < -0.39 is 41.2 Å². The third-order valence-electron chi connectivity index (χ3n) is 4.20. The number of halogens is 3. The van der Waals surface area contributed by atoms with Crippen molar-refractivity contribution in [2.45, 2.75) is 37.3 Å². The molecular weight excluding hydrogens is 401 g/mol. The molecular formula is C17H21F3N2O5S. The van der Waals surface area contributed by atoms with Crippen molar-refractivity contribution in [2.24, 2.45) is 0 Å². The normalized spacial score (nSPS) is 15.9. The number of carbonyl (C=O) groups excluding carboxylic acids is 2. The van der Waals surface area contributed by atoms with E-state index in [1.165, 1.54) is 16.4 Å². The van der Waals surface area contributed by atoms with E-state index in [-0.39, 0.29) is 10.5 Å².